The van der Waals surface area contributed by atoms with Crippen LogP contribution in [0.5, 0.6) is 0 Å². The number of carbonyl (C=O) groups excluding carboxylic acids is 2. The lowest BCUT2D eigenvalue weighted by atomic mass is 9.80. The van der Waals surface area contributed by atoms with E-state index >= 15 is 0 Å². The largest absolute Gasteiger partial charge is 0.480 e. The molecule has 2 fully saturated rings. The van der Waals surface area contributed by atoms with Gasteiger partial charge in [-0.2, -0.15) is 0 Å². The lowest BCUT2D eigenvalue weighted by molar-refractivity contribution is -0.253. The van der Waals surface area contributed by atoms with E-state index in [1.807, 2.05) is 0 Å². The molecular weight excluding hydrogens is 468 g/mol. The highest BCUT2D eigenvalue weighted by atomic mass is 16.6. The molecule has 1 amide bonds. The van der Waals surface area contributed by atoms with Crippen LogP contribution in [-0.4, -0.2) is 138 Å². The highest BCUT2D eigenvalue weighted by Crippen LogP contribution is 2.30. The van der Waals surface area contributed by atoms with Crippen LogP contribution in [0.3, 0.4) is 0 Å². The first-order valence-corrected chi connectivity index (χ1v) is 10.1. The van der Waals surface area contributed by atoms with E-state index in [2.05, 4.69) is 10.1 Å². The van der Waals surface area contributed by atoms with E-state index < -0.39 is 104 Å². The van der Waals surface area contributed by atoms with Gasteiger partial charge in [-0.15, -0.1) is 0 Å². The number of rotatable bonds is 6. The second kappa shape index (κ2) is 12.6. The summed E-state index contributed by atoms with van der Waals surface area (Å²) in [4.78, 5) is 32.8. The van der Waals surface area contributed by atoms with Gasteiger partial charge in [0.1, 0.15) is 43.1 Å². The van der Waals surface area contributed by atoms with E-state index in [1.165, 1.54) is 6.92 Å². The smallest absolute Gasteiger partial charge is 0.338 e. The summed E-state index contributed by atoms with van der Waals surface area (Å²) < 4.78 is 9.35. The maximum Gasteiger partial charge on any atom is 0.338 e. The van der Waals surface area contributed by atoms with Crippen LogP contribution in [0.2, 0.25) is 0 Å². The summed E-state index contributed by atoms with van der Waals surface area (Å²) in [7, 11) is 0. The van der Waals surface area contributed by atoms with Crippen molar-refractivity contribution in [3.05, 3.63) is 0 Å². The SMILES string of the molecule is CC(=O)N[C@H]1C(O)O[C@H](CO)[C@@H](O)[C@@H]1O.N[C@@H](COC(=O)C1(O)C[C@@H](O)C(O)[C@H](O)C1)C(=O)O. The van der Waals surface area contributed by atoms with Crippen molar-refractivity contribution in [1.29, 1.82) is 0 Å². The Morgan fingerprint density at radius 1 is 1.06 bits per heavy atom. The predicted octanol–water partition coefficient (Wildman–Crippen LogP) is -6.53. The highest BCUT2D eigenvalue weighted by molar-refractivity contribution is 5.80. The fraction of sp³-hybridized carbons (Fsp3) is 0.833. The van der Waals surface area contributed by atoms with Gasteiger partial charge >= 0.3 is 11.9 Å². The minimum Gasteiger partial charge on any atom is -0.480 e. The van der Waals surface area contributed by atoms with Gasteiger partial charge in [-0.25, -0.2) is 4.79 Å². The molecule has 8 atom stereocenters. The van der Waals surface area contributed by atoms with Gasteiger partial charge < -0.3 is 66.5 Å². The summed E-state index contributed by atoms with van der Waals surface area (Å²) in [6, 6.07) is -2.53. The number of esters is 1. The Kier molecular flexibility index (Phi) is 11.2. The standard InChI is InChI=1S/C10H17NO8.C8H15NO6/c11-4(8(15)16)3-19-9(17)10(18)1-5(12)7(14)6(13)2-10;1-3(11)9-5-7(13)6(12)4(2-10)15-8(5)14/h4-7,12-14,18H,1-3,11H2,(H,15,16);4-8,10,12-14H,2H2,1H3,(H,9,11)/t4-,5+,6+,7?,10?;4-,5-,6-,7-,8?/m01/s1. The van der Waals surface area contributed by atoms with Crippen LogP contribution in [0.25, 0.3) is 0 Å². The third-order valence-corrected chi connectivity index (χ3v) is 5.24. The molecule has 16 heteroatoms. The first-order chi connectivity index (χ1) is 15.6. The van der Waals surface area contributed by atoms with Gasteiger partial charge in [-0.05, 0) is 0 Å². The van der Waals surface area contributed by atoms with Crippen LogP contribution in [0, 0.1) is 0 Å². The van der Waals surface area contributed by atoms with Crippen molar-refractivity contribution in [2.24, 2.45) is 5.73 Å². The summed E-state index contributed by atoms with van der Waals surface area (Å²) in [5, 5.41) is 85.9. The molecular formula is C18H32N2O14. The first-order valence-electron chi connectivity index (χ1n) is 10.1. The van der Waals surface area contributed by atoms with Crippen LogP contribution in [0.4, 0.5) is 0 Å². The van der Waals surface area contributed by atoms with Gasteiger partial charge in [-0.3, -0.25) is 9.59 Å². The normalized spacial score (nSPS) is 38.6. The lowest BCUT2D eigenvalue weighted by Crippen LogP contribution is -2.63. The first kappa shape index (κ1) is 30.0. The van der Waals surface area contributed by atoms with Gasteiger partial charge in [0.05, 0.1) is 18.8 Å². The third-order valence-electron chi connectivity index (χ3n) is 5.24. The molecule has 1 aliphatic heterocycles. The minimum absolute atomic E-state index is 0.462. The summed E-state index contributed by atoms with van der Waals surface area (Å²) in [5.74, 6) is -3.04. The van der Waals surface area contributed by atoms with Crippen LogP contribution in [0.15, 0.2) is 0 Å². The Hall–Kier alpha value is -1.99. The lowest BCUT2D eigenvalue weighted by Gasteiger charge is -2.40. The van der Waals surface area contributed by atoms with Crippen molar-refractivity contribution in [2.75, 3.05) is 13.2 Å². The van der Waals surface area contributed by atoms with Gasteiger partial charge in [0.15, 0.2) is 11.9 Å². The Labute approximate surface area is 193 Å². The molecule has 0 spiro atoms. The quantitative estimate of drug-likeness (QED) is 0.151. The topological polar surface area (TPSA) is 290 Å². The molecule has 1 saturated heterocycles. The zero-order valence-corrected chi connectivity index (χ0v) is 18.2. The predicted molar refractivity (Wildman–Crippen MR) is 106 cm³/mol. The molecule has 2 rings (SSSR count). The second-order valence-corrected chi connectivity index (χ2v) is 8.06. The number of hydrogen-bond donors (Lipinski definition) is 11. The summed E-state index contributed by atoms with van der Waals surface area (Å²) >= 11 is 0. The van der Waals surface area contributed by atoms with E-state index in [9.17, 15) is 50.1 Å². The molecule has 16 nitrogen and oxygen atoms in total. The average molecular weight is 500 g/mol. The molecule has 0 bridgehead atoms. The fourth-order valence-corrected chi connectivity index (χ4v) is 3.30. The number of nitrogens with one attached hydrogen (secondary N) is 1. The number of aliphatic hydroxyl groups excluding tert-OH is 7. The number of carboxylic acid groups (broad SMARTS) is 1. The highest BCUT2D eigenvalue weighted by Gasteiger charge is 2.49. The van der Waals surface area contributed by atoms with Crippen molar-refractivity contribution >= 4 is 17.8 Å². The van der Waals surface area contributed by atoms with E-state index in [4.69, 9.17) is 20.7 Å². The van der Waals surface area contributed by atoms with E-state index in [0.29, 0.717) is 0 Å². The number of amides is 1. The number of aliphatic hydroxyl groups is 8. The molecule has 1 saturated carbocycles. The summed E-state index contributed by atoms with van der Waals surface area (Å²) in [5.41, 5.74) is 2.93. The summed E-state index contributed by atoms with van der Waals surface area (Å²) in [6.45, 7) is 0.0389. The van der Waals surface area contributed by atoms with Crippen molar-refractivity contribution in [2.45, 2.75) is 80.4 Å². The number of ether oxygens (including phenoxy) is 2. The molecule has 2 aliphatic rings. The number of nitrogens with two attached hydrogens (primary N) is 1. The second-order valence-electron chi connectivity index (χ2n) is 8.06. The Balaban J connectivity index is 0.000000350. The molecule has 0 aromatic carbocycles. The monoisotopic (exact) mass is 500 g/mol. The van der Waals surface area contributed by atoms with Gasteiger partial charge in [0, 0.05) is 19.8 Å². The minimum atomic E-state index is -2.18. The molecule has 0 radical (unpaired) electrons. The molecule has 1 heterocycles. The average Bonchev–Trinajstić information content (AvgIpc) is 2.75. The molecule has 34 heavy (non-hydrogen) atoms. The Bertz CT molecular complexity index is 696. The number of carbonyl (C=O) groups is 3. The van der Waals surface area contributed by atoms with Gasteiger partial charge in [-0.1, -0.05) is 0 Å². The van der Waals surface area contributed by atoms with Gasteiger partial charge in [0.2, 0.25) is 5.91 Å². The van der Waals surface area contributed by atoms with Crippen molar-refractivity contribution in [3.8, 4) is 0 Å². The molecule has 1 aliphatic carbocycles. The molecule has 1 unspecified atom stereocenters. The van der Waals surface area contributed by atoms with Crippen LogP contribution in [-0.2, 0) is 23.9 Å². The van der Waals surface area contributed by atoms with Crippen LogP contribution >= 0.6 is 0 Å². The van der Waals surface area contributed by atoms with Crippen molar-refractivity contribution in [3.63, 3.8) is 0 Å². The number of hydrogen-bond acceptors (Lipinski definition) is 14. The third kappa shape index (κ3) is 7.77. The van der Waals surface area contributed by atoms with E-state index in [0.717, 1.165) is 0 Å². The van der Waals surface area contributed by atoms with Crippen molar-refractivity contribution < 1.29 is 69.8 Å². The Morgan fingerprint density at radius 3 is 2.03 bits per heavy atom. The fourth-order valence-electron chi connectivity index (χ4n) is 3.30. The Morgan fingerprint density at radius 2 is 1.59 bits per heavy atom. The maximum atomic E-state index is 11.6. The van der Waals surface area contributed by atoms with Gasteiger partial charge in [0.25, 0.3) is 0 Å². The summed E-state index contributed by atoms with van der Waals surface area (Å²) in [6.07, 6.45) is -10.7. The zero-order chi connectivity index (χ0) is 26.4. The molecule has 0 aromatic rings. The van der Waals surface area contributed by atoms with E-state index in [-0.39, 0.29) is 0 Å². The maximum absolute atomic E-state index is 11.6. The molecule has 12 N–H and O–H groups in total. The number of carboxylic acids is 1. The zero-order valence-electron chi connectivity index (χ0n) is 18.2. The van der Waals surface area contributed by atoms with Crippen molar-refractivity contribution in [1.82, 2.24) is 5.32 Å². The molecule has 198 valence electrons. The number of aliphatic carboxylic acids is 1. The molecule has 0 aromatic heterocycles. The van der Waals surface area contributed by atoms with Crippen LogP contribution in [0.1, 0.15) is 19.8 Å². The van der Waals surface area contributed by atoms with E-state index in [1.54, 1.807) is 0 Å². The van der Waals surface area contributed by atoms with Crippen LogP contribution < -0.4 is 11.1 Å².